The normalized spacial score (nSPS) is 11.9. The summed E-state index contributed by atoms with van der Waals surface area (Å²) in [7, 11) is 1.50. The molecule has 2 aromatic heterocycles. The van der Waals surface area contributed by atoms with E-state index in [1.54, 1.807) is 55.8 Å². The van der Waals surface area contributed by atoms with Crippen LogP contribution < -0.4 is 9.47 Å². The first-order valence-corrected chi connectivity index (χ1v) is 7.37. The van der Waals surface area contributed by atoms with E-state index in [-0.39, 0.29) is 0 Å². The molecule has 0 saturated carbocycles. The monoisotopic (exact) mass is 324 g/mol. The van der Waals surface area contributed by atoms with Gasteiger partial charge in [0.25, 0.3) is 0 Å². The molecule has 3 aromatic rings. The molecule has 3 rings (SSSR count). The number of benzene rings is 1. The minimum Gasteiger partial charge on any atom is -0.496 e. The van der Waals surface area contributed by atoms with Gasteiger partial charge >= 0.3 is 5.97 Å². The number of ether oxygens (including phenoxy) is 2. The predicted molar refractivity (Wildman–Crippen MR) is 88.7 cm³/mol. The lowest BCUT2D eigenvalue weighted by Gasteiger charge is -2.14. The van der Waals surface area contributed by atoms with E-state index in [9.17, 15) is 9.90 Å². The Bertz CT molecular complexity index is 890. The summed E-state index contributed by atoms with van der Waals surface area (Å²) in [6, 6.07) is 8.66. The fraction of sp³-hybridized carbons (Fsp3) is 0.167. The van der Waals surface area contributed by atoms with Crippen LogP contribution in [0.15, 0.2) is 48.9 Å². The van der Waals surface area contributed by atoms with Crippen LogP contribution in [0.3, 0.4) is 0 Å². The van der Waals surface area contributed by atoms with Gasteiger partial charge in [-0.3, -0.25) is 14.8 Å². The summed E-state index contributed by atoms with van der Waals surface area (Å²) in [5.74, 6) is 0.0609. The van der Waals surface area contributed by atoms with Gasteiger partial charge in [-0.15, -0.1) is 0 Å². The number of carbonyl (C=O) groups is 1. The molecule has 6 heteroatoms. The van der Waals surface area contributed by atoms with Crippen molar-refractivity contribution in [1.29, 1.82) is 0 Å². The van der Waals surface area contributed by atoms with E-state index in [1.807, 2.05) is 0 Å². The molecule has 0 fully saturated rings. The van der Waals surface area contributed by atoms with Gasteiger partial charge in [0.1, 0.15) is 17.2 Å². The molecule has 0 radical (unpaired) electrons. The molecule has 1 unspecified atom stereocenters. The van der Waals surface area contributed by atoms with Crippen molar-refractivity contribution in [2.24, 2.45) is 0 Å². The van der Waals surface area contributed by atoms with Gasteiger partial charge in [0, 0.05) is 30.2 Å². The first-order chi connectivity index (χ1) is 11.6. The van der Waals surface area contributed by atoms with E-state index >= 15 is 0 Å². The second-order valence-corrected chi connectivity index (χ2v) is 5.27. The molecular formula is C18H16N2O4. The van der Waals surface area contributed by atoms with Crippen molar-refractivity contribution >= 4 is 16.9 Å². The first kappa shape index (κ1) is 15.7. The summed E-state index contributed by atoms with van der Waals surface area (Å²) in [5, 5.41) is 9.97. The molecule has 1 aromatic carbocycles. The van der Waals surface area contributed by atoms with E-state index in [0.717, 1.165) is 10.9 Å². The number of carboxylic acid groups (broad SMARTS) is 1. The lowest BCUT2D eigenvalue weighted by molar-refractivity contribution is -0.138. The lowest BCUT2D eigenvalue weighted by Crippen LogP contribution is -2.08. The zero-order valence-electron chi connectivity index (χ0n) is 13.3. The number of nitrogens with zero attached hydrogens (tertiary/aromatic N) is 2. The molecule has 0 bridgehead atoms. The maximum atomic E-state index is 11.2. The Morgan fingerprint density at radius 1 is 1.17 bits per heavy atom. The van der Waals surface area contributed by atoms with Gasteiger partial charge < -0.3 is 14.6 Å². The first-order valence-electron chi connectivity index (χ1n) is 7.37. The number of rotatable bonds is 5. The highest BCUT2D eigenvalue weighted by atomic mass is 16.5. The van der Waals surface area contributed by atoms with Crippen molar-refractivity contribution in [3.8, 4) is 17.2 Å². The van der Waals surface area contributed by atoms with Crippen LogP contribution in [0.4, 0.5) is 0 Å². The Morgan fingerprint density at radius 3 is 2.75 bits per heavy atom. The molecule has 6 nitrogen and oxygen atoms in total. The average molecular weight is 324 g/mol. The van der Waals surface area contributed by atoms with Gasteiger partial charge in [-0.05, 0) is 25.1 Å². The predicted octanol–water partition coefficient (Wildman–Crippen LogP) is 3.62. The molecule has 0 amide bonds. The van der Waals surface area contributed by atoms with Crippen molar-refractivity contribution in [2.75, 3.05) is 7.11 Å². The number of pyridine rings is 2. The smallest absolute Gasteiger partial charge is 0.310 e. The summed E-state index contributed by atoms with van der Waals surface area (Å²) in [4.78, 5) is 19.5. The topological polar surface area (TPSA) is 81.5 Å². The minimum absolute atomic E-state index is 0.471. The van der Waals surface area contributed by atoms with Crippen LogP contribution in [0.2, 0.25) is 0 Å². The van der Waals surface area contributed by atoms with Crippen LogP contribution in [0, 0.1) is 0 Å². The van der Waals surface area contributed by atoms with Gasteiger partial charge in [0.05, 0.1) is 23.9 Å². The zero-order valence-corrected chi connectivity index (χ0v) is 13.3. The Balaban J connectivity index is 1.97. The number of fused-ring (bicyclic) bond motifs is 1. The fourth-order valence-corrected chi connectivity index (χ4v) is 2.43. The van der Waals surface area contributed by atoms with Crippen LogP contribution in [0.5, 0.6) is 17.2 Å². The Morgan fingerprint density at radius 2 is 2.00 bits per heavy atom. The number of aromatic nitrogens is 2. The molecule has 1 N–H and O–H groups in total. The Hall–Kier alpha value is -3.15. The summed E-state index contributed by atoms with van der Waals surface area (Å²) in [6.45, 7) is 1.61. The highest BCUT2D eigenvalue weighted by Crippen LogP contribution is 2.34. The molecule has 1 atom stereocenters. The third-order valence-corrected chi connectivity index (χ3v) is 3.77. The van der Waals surface area contributed by atoms with Crippen LogP contribution in [0.25, 0.3) is 10.9 Å². The fourth-order valence-electron chi connectivity index (χ4n) is 2.43. The van der Waals surface area contributed by atoms with Crippen molar-refractivity contribution < 1.29 is 19.4 Å². The number of hydrogen-bond acceptors (Lipinski definition) is 5. The second-order valence-electron chi connectivity index (χ2n) is 5.27. The number of aliphatic carboxylic acids is 1. The van der Waals surface area contributed by atoms with Crippen molar-refractivity contribution in [2.45, 2.75) is 12.8 Å². The highest BCUT2D eigenvalue weighted by Gasteiger charge is 2.19. The second kappa shape index (κ2) is 6.54. The highest BCUT2D eigenvalue weighted by molar-refractivity contribution is 5.84. The van der Waals surface area contributed by atoms with Gasteiger partial charge in [0.15, 0.2) is 0 Å². The SMILES string of the molecule is COc1cc(Oc2ccnc3ccncc23)ccc1C(C)C(=O)O. The number of carboxylic acids is 1. The minimum atomic E-state index is -0.909. The van der Waals surface area contributed by atoms with Gasteiger partial charge in [-0.25, -0.2) is 0 Å². The van der Waals surface area contributed by atoms with Gasteiger partial charge in [-0.2, -0.15) is 0 Å². The van der Waals surface area contributed by atoms with E-state index < -0.39 is 11.9 Å². The standard InChI is InChI=1S/C18H16N2O4/c1-11(18(21)22)13-4-3-12(9-17(13)23-2)24-16-6-8-20-15-5-7-19-10-14(15)16/h3-11H,1-2H3,(H,21,22). The molecule has 24 heavy (non-hydrogen) atoms. The summed E-state index contributed by atoms with van der Waals surface area (Å²) in [5.41, 5.74) is 1.38. The van der Waals surface area contributed by atoms with Gasteiger partial charge in [-0.1, -0.05) is 6.07 Å². The Labute approximate surface area is 138 Å². The summed E-state index contributed by atoms with van der Waals surface area (Å²) in [6.07, 6.45) is 5.02. The zero-order chi connectivity index (χ0) is 17.1. The van der Waals surface area contributed by atoms with Crippen molar-refractivity contribution in [3.05, 3.63) is 54.5 Å². The van der Waals surface area contributed by atoms with Crippen LogP contribution in [0.1, 0.15) is 18.4 Å². The molecule has 2 heterocycles. The van der Waals surface area contributed by atoms with E-state index in [2.05, 4.69) is 9.97 Å². The maximum Gasteiger partial charge on any atom is 0.310 e. The average Bonchev–Trinajstić information content (AvgIpc) is 2.61. The molecule has 0 aliphatic rings. The quantitative estimate of drug-likeness (QED) is 0.772. The molecule has 0 spiro atoms. The van der Waals surface area contributed by atoms with E-state index in [0.29, 0.717) is 22.8 Å². The third-order valence-electron chi connectivity index (χ3n) is 3.77. The van der Waals surface area contributed by atoms with Crippen LogP contribution >= 0.6 is 0 Å². The molecule has 0 aliphatic carbocycles. The Kier molecular flexibility index (Phi) is 4.29. The largest absolute Gasteiger partial charge is 0.496 e. The summed E-state index contributed by atoms with van der Waals surface area (Å²) >= 11 is 0. The van der Waals surface area contributed by atoms with E-state index in [4.69, 9.17) is 9.47 Å². The number of hydrogen-bond donors (Lipinski definition) is 1. The molecule has 0 saturated heterocycles. The summed E-state index contributed by atoms with van der Waals surface area (Å²) < 4.78 is 11.2. The third kappa shape index (κ3) is 2.99. The van der Waals surface area contributed by atoms with Crippen molar-refractivity contribution in [1.82, 2.24) is 9.97 Å². The molecule has 122 valence electrons. The maximum absolute atomic E-state index is 11.2. The van der Waals surface area contributed by atoms with E-state index in [1.165, 1.54) is 7.11 Å². The molecular weight excluding hydrogens is 308 g/mol. The van der Waals surface area contributed by atoms with Crippen LogP contribution in [-0.2, 0) is 4.79 Å². The van der Waals surface area contributed by atoms with Crippen LogP contribution in [-0.4, -0.2) is 28.2 Å². The lowest BCUT2D eigenvalue weighted by atomic mass is 10.0. The van der Waals surface area contributed by atoms with Gasteiger partial charge in [0.2, 0.25) is 0 Å². The van der Waals surface area contributed by atoms with Crippen molar-refractivity contribution in [3.63, 3.8) is 0 Å². The number of methoxy groups -OCH3 is 1. The molecule has 0 aliphatic heterocycles.